The van der Waals surface area contributed by atoms with Crippen LogP contribution in [0.25, 0.3) is 6.08 Å². The van der Waals surface area contributed by atoms with Gasteiger partial charge in [-0.05, 0) is 70.6 Å². The van der Waals surface area contributed by atoms with Crippen LogP contribution >= 0.6 is 34.4 Å². The summed E-state index contributed by atoms with van der Waals surface area (Å²) >= 11 is 3.10. The molecule has 2 aromatic carbocycles. The zero-order valence-corrected chi connectivity index (χ0v) is 19.1. The maximum atomic E-state index is 12.4. The maximum Gasteiger partial charge on any atom is 0.293 e. The fraction of sp³-hybridized carbons (Fsp3) is 0.182. The Kier molecular flexibility index (Phi) is 7.02. The first-order valence-electron chi connectivity index (χ1n) is 8.85. The molecule has 0 bridgehead atoms. The molecule has 1 fully saturated rings. The molecule has 0 N–H and O–H groups in total. The summed E-state index contributed by atoms with van der Waals surface area (Å²) < 4.78 is 12.4. The van der Waals surface area contributed by atoms with Crippen molar-refractivity contribution in [2.75, 3.05) is 13.7 Å². The van der Waals surface area contributed by atoms with Crippen LogP contribution in [0.4, 0.5) is 4.79 Å². The molecule has 29 heavy (non-hydrogen) atoms. The van der Waals surface area contributed by atoms with Gasteiger partial charge >= 0.3 is 0 Å². The molecule has 2 aromatic rings. The Morgan fingerprint density at radius 1 is 1.21 bits per heavy atom. The van der Waals surface area contributed by atoms with Crippen LogP contribution in [0.1, 0.15) is 16.7 Å². The first-order valence-corrected chi connectivity index (χ1v) is 10.7. The second kappa shape index (κ2) is 9.49. The molecule has 0 spiro atoms. The van der Waals surface area contributed by atoms with E-state index in [4.69, 9.17) is 9.47 Å². The molecule has 7 heteroatoms. The third-order valence-electron chi connectivity index (χ3n) is 4.24. The molecule has 3 rings (SSSR count). The maximum absolute atomic E-state index is 12.4. The Labute approximate surface area is 187 Å². The quantitative estimate of drug-likeness (QED) is 0.277. The normalized spacial score (nSPS) is 15.1. The third-order valence-corrected chi connectivity index (χ3v) is 5.95. The molecule has 0 aromatic heterocycles. The van der Waals surface area contributed by atoms with Gasteiger partial charge in [-0.2, -0.15) is 0 Å². The summed E-state index contributed by atoms with van der Waals surface area (Å²) in [5.74, 6) is 0.903. The lowest BCUT2D eigenvalue weighted by Gasteiger charge is -2.14. The third kappa shape index (κ3) is 5.02. The van der Waals surface area contributed by atoms with Gasteiger partial charge in [0.25, 0.3) is 11.1 Å². The molecule has 0 atom stereocenters. The molecule has 1 heterocycles. The van der Waals surface area contributed by atoms with Crippen LogP contribution in [0.2, 0.25) is 0 Å². The second-order valence-corrected chi connectivity index (χ2v) is 8.54. The van der Waals surface area contributed by atoms with E-state index in [0.717, 1.165) is 26.5 Å². The number of nitrogens with zero attached hydrogens (tertiary/aromatic N) is 1. The van der Waals surface area contributed by atoms with Crippen molar-refractivity contribution in [1.29, 1.82) is 0 Å². The molecule has 1 aliphatic rings. The fourth-order valence-corrected chi connectivity index (χ4v) is 4.37. The number of thioether (sulfide) groups is 1. The van der Waals surface area contributed by atoms with Crippen molar-refractivity contribution in [2.45, 2.75) is 13.5 Å². The average molecular weight is 521 g/mol. The number of halogens is 1. The summed E-state index contributed by atoms with van der Waals surface area (Å²) in [7, 11) is 1.58. The Morgan fingerprint density at radius 2 is 1.93 bits per heavy atom. The summed E-state index contributed by atoms with van der Waals surface area (Å²) in [6, 6.07) is 11.8. The largest absolute Gasteiger partial charge is 0.493 e. The van der Waals surface area contributed by atoms with Crippen molar-refractivity contribution in [3.8, 4) is 11.5 Å². The number of benzene rings is 2. The van der Waals surface area contributed by atoms with Gasteiger partial charge in [0.05, 0.1) is 15.6 Å². The van der Waals surface area contributed by atoms with Crippen LogP contribution in [0.3, 0.4) is 0 Å². The van der Waals surface area contributed by atoms with E-state index >= 15 is 0 Å². The van der Waals surface area contributed by atoms with Gasteiger partial charge < -0.3 is 9.47 Å². The minimum Gasteiger partial charge on any atom is -0.493 e. The molecule has 0 radical (unpaired) electrons. The van der Waals surface area contributed by atoms with Gasteiger partial charge in [-0.1, -0.05) is 35.9 Å². The number of hydrogen-bond acceptors (Lipinski definition) is 5. The number of aryl methyl sites for hydroxylation is 1. The monoisotopic (exact) mass is 521 g/mol. The van der Waals surface area contributed by atoms with E-state index in [9.17, 15) is 9.59 Å². The number of ether oxygens (including phenoxy) is 2. The number of carbonyl (C=O) groups excluding carboxylic acids is 2. The van der Waals surface area contributed by atoms with Crippen molar-refractivity contribution in [1.82, 2.24) is 4.90 Å². The minimum absolute atomic E-state index is 0.203. The SMILES string of the molecule is C=CCN1C(=O)S/C(=C/c2cc(I)c(OCc3ccc(C)cc3)c(OC)c2)C1=O. The van der Waals surface area contributed by atoms with Crippen molar-refractivity contribution < 1.29 is 19.1 Å². The molecule has 1 saturated heterocycles. The standard InChI is InChI=1S/C22H20INO4S/c1-4-9-24-21(25)19(29-22(24)26)12-16-10-17(23)20(18(11-16)27-3)28-13-15-7-5-14(2)6-8-15/h4-8,10-12H,1,9,13H2,2-3H3/b19-12+. The zero-order chi connectivity index (χ0) is 21.0. The number of methoxy groups -OCH3 is 1. The average Bonchev–Trinajstić information content (AvgIpc) is 2.96. The topological polar surface area (TPSA) is 55.8 Å². The van der Waals surface area contributed by atoms with E-state index in [-0.39, 0.29) is 17.7 Å². The van der Waals surface area contributed by atoms with Gasteiger partial charge in [-0.3, -0.25) is 14.5 Å². The molecular formula is C22H20INO4S. The summed E-state index contributed by atoms with van der Waals surface area (Å²) in [5, 5.41) is -0.291. The molecule has 0 saturated carbocycles. The molecule has 5 nitrogen and oxygen atoms in total. The summed E-state index contributed by atoms with van der Waals surface area (Å²) in [6.07, 6.45) is 3.23. The second-order valence-electron chi connectivity index (χ2n) is 6.39. The molecule has 0 aliphatic carbocycles. The van der Waals surface area contributed by atoms with E-state index in [0.29, 0.717) is 23.0 Å². The van der Waals surface area contributed by atoms with E-state index in [2.05, 4.69) is 29.2 Å². The predicted molar refractivity (Wildman–Crippen MR) is 124 cm³/mol. The number of imide groups is 1. The van der Waals surface area contributed by atoms with Gasteiger partial charge in [-0.15, -0.1) is 6.58 Å². The molecule has 1 aliphatic heterocycles. The highest BCUT2D eigenvalue weighted by Gasteiger charge is 2.34. The van der Waals surface area contributed by atoms with Crippen LogP contribution in [-0.2, 0) is 11.4 Å². The molecule has 0 unspecified atom stereocenters. The predicted octanol–water partition coefficient (Wildman–Crippen LogP) is 5.41. The van der Waals surface area contributed by atoms with Crippen LogP contribution in [-0.4, -0.2) is 29.7 Å². The summed E-state index contributed by atoms with van der Waals surface area (Å²) in [4.78, 5) is 26.0. The van der Waals surface area contributed by atoms with E-state index < -0.39 is 0 Å². The van der Waals surface area contributed by atoms with Crippen LogP contribution in [0.15, 0.2) is 54.0 Å². The Morgan fingerprint density at radius 3 is 2.59 bits per heavy atom. The minimum atomic E-state index is -0.312. The first kappa shape index (κ1) is 21.4. The van der Waals surface area contributed by atoms with Crippen molar-refractivity contribution in [3.05, 3.63) is 74.2 Å². The Bertz CT molecular complexity index is 985. The fourth-order valence-electron chi connectivity index (χ4n) is 2.74. The number of carbonyl (C=O) groups is 2. The summed E-state index contributed by atoms with van der Waals surface area (Å²) in [6.45, 7) is 6.25. The van der Waals surface area contributed by atoms with Gasteiger partial charge in [0.2, 0.25) is 0 Å². The van der Waals surface area contributed by atoms with Gasteiger partial charge in [0.1, 0.15) is 6.61 Å². The Hall–Kier alpha value is -2.26. The van der Waals surface area contributed by atoms with E-state index in [1.165, 1.54) is 16.5 Å². The summed E-state index contributed by atoms with van der Waals surface area (Å²) in [5.41, 5.74) is 3.02. The number of amides is 2. The van der Waals surface area contributed by atoms with Crippen molar-refractivity contribution >= 4 is 51.6 Å². The van der Waals surface area contributed by atoms with Gasteiger partial charge in [0.15, 0.2) is 11.5 Å². The van der Waals surface area contributed by atoms with Crippen LogP contribution in [0.5, 0.6) is 11.5 Å². The Balaban J connectivity index is 1.83. The number of hydrogen-bond donors (Lipinski definition) is 0. The molecular weight excluding hydrogens is 501 g/mol. The molecule has 150 valence electrons. The van der Waals surface area contributed by atoms with E-state index in [1.54, 1.807) is 19.3 Å². The highest BCUT2D eigenvalue weighted by molar-refractivity contribution is 14.1. The lowest BCUT2D eigenvalue weighted by molar-refractivity contribution is -0.122. The highest BCUT2D eigenvalue weighted by Crippen LogP contribution is 2.37. The zero-order valence-electron chi connectivity index (χ0n) is 16.1. The van der Waals surface area contributed by atoms with Crippen LogP contribution in [0, 0.1) is 10.5 Å². The van der Waals surface area contributed by atoms with Gasteiger partial charge in [-0.25, -0.2) is 0 Å². The van der Waals surface area contributed by atoms with Crippen molar-refractivity contribution in [3.63, 3.8) is 0 Å². The first-order chi connectivity index (χ1) is 13.9. The van der Waals surface area contributed by atoms with Gasteiger partial charge in [0, 0.05) is 6.54 Å². The number of rotatable bonds is 7. The lowest BCUT2D eigenvalue weighted by Crippen LogP contribution is -2.27. The molecule has 2 amide bonds. The lowest BCUT2D eigenvalue weighted by atomic mass is 10.1. The van der Waals surface area contributed by atoms with E-state index in [1.807, 2.05) is 37.3 Å². The van der Waals surface area contributed by atoms with Crippen molar-refractivity contribution in [2.24, 2.45) is 0 Å². The highest BCUT2D eigenvalue weighted by atomic mass is 127. The van der Waals surface area contributed by atoms with Crippen LogP contribution < -0.4 is 9.47 Å². The smallest absolute Gasteiger partial charge is 0.293 e.